The first-order chi connectivity index (χ1) is 10.3. The number of aromatic nitrogens is 2. The van der Waals surface area contributed by atoms with Gasteiger partial charge in [-0.25, -0.2) is 4.98 Å². The summed E-state index contributed by atoms with van der Waals surface area (Å²) in [4.78, 5) is 19.6. The first kappa shape index (κ1) is 12.8. The van der Waals surface area contributed by atoms with Crippen LogP contribution in [0.4, 0.5) is 0 Å². The highest BCUT2D eigenvalue weighted by molar-refractivity contribution is 5.39. The van der Waals surface area contributed by atoms with Crippen molar-refractivity contribution in [2.45, 2.75) is 43.7 Å². The molecule has 1 heterocycles. The van der Waals surface area contributed by atoms with E-state index in [0.29, 0.717) is 12.6 Å². The number of hydrogen-bond acceptors (Lipinski definition) is 3. The SMILES string of the molecule is O=c1cc(CNC2CC2)nc(C2(c3ccccc3)CC2)[nH]1. The second kappa shape index (κ2) is 4.81. The molecular weight excluding hydrogens is 262 g/mol. The summed E-state index contributed by atoms with van der Waals surface area (Å²) in [6.45, 7) is 0.687. The molecular formula is C17H19N3O. The highest BCUT2D eigenvalue weighted by Crippen LogP contribution is 2.51. The van der Waals surface area contributed by atoms with Crippen LogP contribution < -0.4 is 10.9 Å². The third-order valence-electron chi connectivity index (χ3n) is 4.47. The van der Waals surface area contributed by atoms with E-state index in [-0.39, 0.29) is 11.0 Å². The molecule has 0 saturated heterocycles. The van der Waals surface area contributed by atoms with Crippen LogP contribution in [0.25, 0.3) is 0 Å². The van der Waals surface area contributed by atoms with Crippen molar-refractivity contribution in [1.29, 1.82) is 0 Å². The maximum atomic E-state index is 12.0. The van der Waals surface area contributed by atoms with Gasteiger partial charge in [-0.3, -0.25) is 4.79 Å². The molecule has 0 spiro atoms. The molecule has 0 radical (unpaired) electrons. The molecule has 2 N–H and O–H groups in total. The van der Waals surface area contributed by atoms with E-state index < -0.39 is 0 Å². The number of aromatic amines is 1. The maximum Gasteiger partial charge on any atom is 0.251 e. The van der Waals surface area contributed by atoms with Crippen molar-refractivity contribution >= 4 is 0 Å². The summed E-state index contributed by atoms with van der Waals surface area (Å²) in [5, 5.41) is 3.42. The third kappa shape index (κ3) is 2.51. The van der Waals surface area contributed by atoms with Crippen molar-refractivity contribution < 1.29 is 0 Å². The average Bonchev–Trinajstić information content (AvgIpc) is 3.39. The molecule has 0 amide bonds. The first-order valence-corrected chi connectivity index (χ1v) is 7.66. The van der Waals surface area contributed by atoms with Crippen molar-refractivity contribution in [3.63, 3.8) is 0 Å². The van der Waals surface area contributed by atoms with Gasteiger partial charge in [0.1, 0.15) is 5.82 Å². The molecule has 4 heteroatoms. The van der Waals surface area contributed by atoms with Crippen LogP contribution in [0.15, 0.2) is 41.2 Å². The van der Waals surface area contributed by atoms with Gasteiger partial charge in [0.05, 0.1) is 11.1 Å². The average molecular weight is 281 g/mol. The standard InChI is InChI=1S/C17H19N3O/c21-15-10-14(11-18-13-6-7-13)19-16(20-15)17(8-9-17)12-4-2-1-3-5-12/h1-5,10,13,18H,6-9,11H2,(H,19,20,21). The molecule has 21 heavy (non-hydrogen) atoms. The summed E-state index contributed by atoms with van der Waals surface area (Å²) in [5.74, 6) is 0.828. The highest BCUT2D eigenvalue weighted by Gasteiger charge is 2.48. The zero-order valence-corrected chi connectivity index (χ0v) is 11.9. The minimum absolute atomic E-state index is 0.0465. The molecule has 0 atom stereocenters. The second-order valence-corrected chi connectivity index (χ2v) is 6.19. The van der Waals surface area contributed by atoms with E-state index >= 15 is 0 Å². The lowest BCUT2D eigenvalue weighted by Gasteiger charge is -2.15. The van der Waals surface area contributed by atoms with Gasteiger partial charge in [-0.2, -0.15) is 0 Å². The van der Waals surface area contributed by atoms with Gasteiger partial charge in [0.25, 0.3) is 5.56 Å². The Morgan fingerprint density at radius 1 is 1.24 bits per heavy atom. The number of rotatable bonds is 5. The van der Waals surface area contributed by atoms with Crippen LogP contribution in [0.2, 0.25) is 0 Å². The largest absolute Gasteiger partial charge is 0.310 e. The summed E-state index contributed by atoms with van der Waals surface area (Å²) in [5.41, 5.74) is 1.98. The number of hydrogen-bond donors (Lipinski definition) is 2. The quantitative estimate of drug-likeness (QED) is 0.882. The summed E-state index contributed by atoms with van der Waals surface area (Å²) in [6.07, 6.45) is 4.59. The Kier molecular flexibility index (Phi) is 2.93. The Morgan fingerprint density at radius 2 is 2.00 bits per heavy atom. The fraction of sp³-hybridized carbons (Fsp3) is 0.412. The van der Waals surface area contributed by atoms with Gasteiger partial charge in [0, 0.05) is 18.7 Å². The lowest BCUT2D eigenvalue weighted by Crippen LogP contribution is -2.24. The van der Waals surface area contributed by atoms with Gasteiger partial charge in [-0.05, 0) is 31.2 Å². The minimum atomic E-state index is -0.0734. The van der Waals surface area contributed by atoms with Gasteiger partial charge in [-0.15, -0.1) is 0 Å². The monoisotopic (exact) mass is 281 g/mol. The van der Waals surface area contributed by atoms with Crippen LogP contribution in [-0.2, 0) is 12.0 Å². The Hall–Kier alpha value is -1.94. The lowest BCUT2D eigenvalue weighted by molar-refractivity contribution is 0.654. The van der Waals surface area contributed by atoms with Crippen LogP contribution in [-0.4, -0.2) is 16.0 Å². The van der Waals surface area contributed by atoms with Gasteiger partial charge in [0.15, 0.2) is 0 Å². The molecule has 108 valence electrons. The van der Waals surface area contributed by atoms with E-state index in [2.05, 4.69) is 22.4 Å². The zero-order chi connectivity index (χ0) is 14.3. The fourth-order valence-electron chi connectivity index (χ4n) is 2.91. The van der Waals surface area contributed by atoms with Gasteiger partial charge in [0.2, 0.25) is 0 Å². The van der Waals surface area contributed by atoms with Crippen molar-refractivity contribution in [1.82, 2.24) is 15.3 Å². The molecule has 0 aliphatic heterocycles. The summed E-state index contributed by atoms with van der Waals surface area (Å²) in [6, 6.07) is 12.6. The molecule has 2 aromatic rings. The molecule has 2 fully saturated rings. The van der Waals surface area contributed by atoms with Crippen LogP contribution in [0, 0.1) is 0 Å². The molecule has 4 nitrogen and oxygen atoms in total. The topological polar surface area (TPSA) is 57.8 Å². The summed E-state index contributed by atoms with van der Waals surface area (Å²) >= 11 is 0. The zero-order valence-electron chi connectivity index (χ0n) is 11.9. The Bertz CT molecular complexity index is 699. The predicted octanol–water partition coefficient (Wildman–Crippen LogP) is 2.10. The molecule has 1 aromatic carbocycles. The van der Waals surface area contributed by atoms with Crippen molar-refractivity contribution in [3.05, 3.63) is 63.8 Å². The van der Waals surface area contributed by atoms with E-state index in [1.807, 2.05) is 18.2 Å². The number of H-pyrrole nitrogens is 1. The fourth-order valence-corrected chi connectivity index (χ4v) is 2.91. The lowest BCUT2D eigenvalue weighted by atomic mass is 9.95. The van der Waals surface area contributed by atoms with E-state index in [0.717, 1.165) is 24.4 Å². The predicted molar refractivity (Wildman–Crippen MR) is 81.2 cm³/mol. The minimum Gasteiger partial charge on any atom is -0.310 e. The number of nitrogens with zero attached hydrogens (tertiary/aromatic N) is 1. The second-order valence-electron chi connectivity index (χ2n) is 6.19. The van der Waals surface area contributed by atoms with E-state index in [1.54, 1.807) is 6.07 Å². The molecule has 2 aliphatic rings. The molecule has 2 saturated carbocycles. The molecule has 0 bridgehead atoms. The normalized spacial score (nSPS) is 19.4. The molecule has 1 aromatic heterocycles. The smallest absolute Gasteiger partial charge is 0.251 e. The first-order valence-electron chi connectivity index (χ1n) is 7.66. The Labute approximate surface area is 123 Å². The number of benzene rings is 1. The van der Waals surface area contributed by atoms with Crippen molar-refractivity contribution in [2.24, 2.45) is 0 Å². The summed E-state index contributed by atoms with van der Waals surface area (Å²) < 4.78 is 0. The van der Waals surface area contributed by atoms with Crippen LogP contribution in [0.5, 0.6) is 0 Å². The Morgan fingerprint density at radius 3 is 2.67 bits per heavy atom. The molecule has 2 aliphatic carbocycles. The van der Waals surface area contributed by atoms with Crippen molar-refractivity contribution in [2.75, 3.05) is 0 Å². The van der Waals surface area contributed by atoms with Gasteiger partial charge in [-0.1, -0.05) is 30.3 Å². The van der Waals surface area contributed by atoms with Crippen LogP contribution >= 0.6 is 0 Å². The van der Waals surface area contributed by atoms with E-state index in [9.17, 15) is 4.79 Å². The summed E-state index contributed by atoms with van der Waals surface area (Å²) in [7, 11) is 0. The number of nitrogens with one attached hydrogen (secondary N) is 2. The van der Waals surface area contributed by atoms with Crippen LogP contribution in [0.3, 0.4) is 0 Å². The third-order valence-corrected chi connectivity index (χ3v) is 4.47. The van der Waals surface area contributed by atoms with E-state index in [1.165, 1.54) is 18.4 Å². The van der Waals surface area contributed by atoms with Crippen LogP contribution in [0.1, 0.15) is 42.8 Å². The van der Waals surface area contributed by atoms with E-state index in [4.69, 9.17) is 4.98 Å². The Balaban J connectivity index is 1.66. The van der Waals surface area contributed by atoms with Gasteiger partial charge >= 0.3 is 0 Å². The highest BCUT2D eigenvalue weighted by atomic mass is 16.1. The maximum absolute atomic E-state index is 12.0. The molecule has 0 unspecified atom stereocenters. The van der Waals surface area contributed by atoms with Crippen molar-refractivity contribution in [3.8, 4) is 0 Å². The molecule has 4 rings (SSSR count). The van der Waals surface area contributed by atoms with Gasteiger partial charge < -0.3 is 10.3 Å².